The molecule has 0 radical (unpaired) electrons. The van der Waals surface area contributed by atoms with Crippen molar-refractivity contribution in [3.8, 4) is 0 Å². The number of nitrogens with zero attached hydrogens (tertiary/aromatic N) is 2. The summed E-state index contributed by atoms with van der Waals surface area (Å²) in [5.41, 5.74) is 1.58. The number of aliphatic carboxylic acids is 1. The number of carboxylic acid groups (broad SMARTS) is 1. The lowest BCUT2D eigenvalue weighted by atomic mass is 9.91. The van der Waals surface area contributed by atoms with Crippen LogP contribution in [-0.2, 0) is 26.0 Å². The lowest BCUT2D eigenvalue weighted by molar-refractivity contribution is -0.139. The Labute approximate surface area is 257 Å². The van der Waals surface area contributed by atoms with E-state index in [0.717, 1.165) is 27.9 Å². The van der Waals surface area contributed by atoms with E-state index in [1.54, 1.807) is 46.8 Å². The van der Waals surface area contributed by atoms with Crippen molar-refractivity contribution < 1.29 is 27.9 Å². The second-order valence-electron chi connectivity index (χ2n) is 13.0. The van der Waals surface area contributed by atoms with E-state index in [0.29, 0.717) is 11.1 Å². The molecule has 0 saturated heterocycles. The van der Waals surface area contributed by atoms with E-state index in [9.17, 15) is 23.1 Å². The first-order valence-electron chi connectivity index (χ1n) is 15.5. The van der Waals surface area contributed by atoms with Gasteiger partial charge < -0.3 is 20.5 Å². The van der Waals surface area contributed by atoms with Gasteiger partial charge in [-0.3, -0.25) is 0 Å². The number of carbonyl (C=O) groups excluding carboxylic acids is 1. The highest BCUT2D eigenvalue weighted by Gasteiger charge is 2.27. The Morgan fingerprint density at radius 1 is 0.977 bits per heavy atom. The number of hydrogen-bond acceptors (Lipinski definition) is 7. The number of carbonyl (C=O) groups is 2. The summed E-state index contributed by atoms with van der Waals surface area (Å²) in [6.45, 7) is 10.3. The highest BCUT2D eigenvalue weighted by atomic mass is 32.2. The highest BCUT2D eigenvalue weighted by molar-refractivity contribution is 7.90. The molecular weight excluding hydrogens is 568 g/mol. The zero-order valence-electron chi connectivity index (χ0n) is 26.6. The molecule has 1 heterocycles. The third-order valence-corrected chi connectivity index (χ3v) is 9.75. The number of aromatic nitrogens is 2. The summed E-state index contributed by atoms with van der Waals surface area (Å²) >= 11 is 0. The van der Waals surface area contributed by atoms with Crippen LogP contribution in [0.15, 0.2) is 29.6 Å². The van der Waals surface area contributed by atoms with E-state index in [-0.39, 0.29) is 17.0 Å². The van der Waals surface area contributed by atoms with E-state index in [4.69, 9.17) is 4.74 Å². The standard InChI is InChI=1S/C20H27N3O6S.C12H23N/c1-12-7-13(2)17(14(3)8-12)30(27,28)23-10-15(21-11-23)9-16(18(24)25)22-19(26)29-20(4,5)6;1-3-7-11(8-4-1)13-12-9-5-2-6-10-12/h7-8,10-11,16H,9H2,1-6H3,(H,22,26)(H,24,25);11-13H,1-10H2. The van der Waals surface area contributed by atoms with Gasteiger partial charge in [0.2, 0.25) is 0 Å². The number of imidazole rings is 1. The van der Waals surface area contributed by atoms with Crippen LogP contribution in [0.25, 0.3) is 0 Å². The molecular formula is C32H50N4O6S. The fraction of sp³-hybridized carbons (Fsp3) is 0.656. The van der Waals surface area contributed by atoms with Crippen molar-refractivity contribution >= 4 is 22.1 Å². The Morgan fingerprint density at radius 2 is 1.49 bits per heavy atom. The van der Waals surface area contributed by atoms with Gasteiger partial charge in [0, 0.05) is 24.7 Å². The molecule has 0 spiro atoms. The third kappa shape index (κ3) is 10.6. The van der Waals surface area contributed by atoms with Crippen LogP contribution < -0.4 is 10.6 Å². The maximum absolute atomic E-state index is 13.1. The molecule has 1 aromatic heterocycles. The Bertz CT molecular complexity index is 1300. The van der Waals surface area contributed by atoms with Crippen LogP contribution >= 0.6 is 0 Å². The average Bonchev–Trinajstić information content (AvgIpc) is 3.38. The van der Waals surface area contributed by atoms with E-state index in [1.807, 2.05) is 6.92 Å². The summed E-state index contributed by atoms with van der Waals surface area (Å²) in [6, 6.07) is 3.98. The minimum absolute atomic E-state index is 0.179. The lowest BCUT2D eigenvalue weighted by Gasteiger charge is -2.30. The molecule has 2 aliphatic carbocycles. The number of amides is 1. The smallest absolute Gasteiger partial charge is 0.408 e. The monoisotopic (exact) mass is 618 g/mol. The van der Waals surface area contributed by atoms with Crippen molar-refractivity contribution in [2.75, 3.05) is 0 Å². The molecule has 10 nitrogen and oxygen atoms in total. The first kappa shape index (κ1) is 34.6. The first-order chi connectivity index (χ1) is 20.2. The lowest BCUT2D eigenvalue weighted by Crippen LogP contribution is -2.44. The molecule has 0 bridgehead atoms. The molecule has 1 amide bonds. The van der Waals surface area contributed by atoms with Crippen molar-refractivity contribution in [2.45, 2.75) is 141 Å². The number of hydrogen-bond donors (Lipinski definition) is 3. The van der Waals surface area contributed by atoms with Crippen molar-refractivity contribution in [3.63, 3.8) is 0 Å². The topological polar surface area (TPSA) is 140 Å². The van der Waals surface area contributed by atoms with Crippen LogP contribution in [-0.4, -0.2) is 58.3 Å². The molecule has 240 valence electrons. The Morgan fingerprint density at radius 3 is 1.95 bits per heavy atom. The summed E-state index contributed by atoms with van der Waals surface area (Å²) in [6.07, 6.45) is 15.8. The minimum Gasteiger partial charge on any atom is -0.480 e. The first-order valence-corrected chi connectivity index (χ1v) is 16.9. The SMILES string of the molecule is C1CCC(NC2CCCCC2)CC1.Cc1cc(C)c(S(=O)(=O)n2cnc(CC(NC(=O)OC(C)(C)C)C(=O)O)c2)c(C)c1. The molecule has 0 aliphatic heterocycles. The summed E-state index contributed by atoms with van der Waals surface area (Å²) in [5, 5.41) is 15.5. The van der Waals surface area contributed by atoms with Gasteiger partial charge in [0.25, 0.3) is 10.0 Å². The number of alkyl carbamates (subject to hydrolysis) is 1. The molecule has 2 aromatic rings. The summed E-state index contributed by atoms with van der Waals surface area (Å²) < 4.78 is 32.2. The van der Waals surface area contributed by atoms with Crippen molar-refractivity contribution in [3.05, 3.63) is 47.0 Å². The molecule has 1 aromatic carbocycles. The van der Waals surface area contributed by atoms with Crippen molar-refractivity contribution in [2.24, 2.45) is 0 Å². The van der Waals surface area contributed by atoms with Gasteiger partial charge in [-0.2, -0.15) is 0 Å². The maximum Gasteiger partial charge on any atom is 0.408 e. The normalized spacial score (nSPS) is 17.4. The van der Waals surface area contributed by atoms with Gasteiger partial charge in [0.1, 0.15) is 18.0 Å². The predicted molar refractivity (Wildman–Crippen MR) is 167 cm³/mol. The number of aryl methyl sites for hydroxylation is 3. The average molecular weight is 619 g/mol. The van der Waals surface area contributed by atoms with Gasteiger partial charge in [-0.05, 0) is 78.4 Å². The van der Waals surface area contributed by atoms with Crippen LogP contribution in [0.5, 0.6) is 0 Å². The second kappa shape index (κ2) is 15.2. The van der Waals surface area contributed by atoms with Gasteiger partial charge in [-0.25, -0.2) is 27.0 Å². The molecule has 1 unspecified atom stereocenters. The maximum atomic E-state index is 13.1. The molecule has 3 N–H and O–H groups in total. The van der Waals surface area contributed by atoms with Crippen LogP contribution in [0.2, 0.25) is 0 Å². The Kier molecular flexibility index (Phi) is 12.2. The fourth-order valence-electron chi connectivity index (χ4n) is 5.99. The molecule has 43 heavy (non-hydrogen) atoms. The van der Waals surface area contributed by atoms with Crippen molar-refractivity contribution in [1.29, 1.82) is 0 Å². The van der Waals surface area contributed by atoms with Crippen LogP contribution in [0, 0.1) is 20.8 Å². The van der Waals surface area contributed by atoms with Gasteiger partial charge in [0.05, 0.1) is 10.6 Å². The van der Waals surface area contributed by atoms with Gasteiger partial charge >= 0.3 is 12.1 Å². The zero-order valence-corrected chi connectivity index (χ0v) is 27.4. The fourth-order valence-corrected chi connectivity index (χ4v) is 7.57. The number of nitrogens with one attached hydrogen (secondary N) is 2. The predicted octanol–water partition coefficient (Wildman–Crippen LogP) is 5.81. The van der Waals surface area contributed by atoms with Crippen molar-refractivity contribution in [1.82, 2.24) is 19.6 Å². The van der Waals surface area contributed by atoms with E-state index < -0.39 is 33.7 Å². The zero-order chi connectivity index (χ0) is 31.8. The number of carboxylic acids is 1. The molecule has 2 fully saturated rings. The molecule has 1 atom stereocenters. The number of ether oxygens (including phenoxy) is 1. The molecule has 4 rings (SSSR count). The van der Waals surface area contributed by atoms with E-state index >= 15 is 0 Å². The summed E-state index contributed by atoms with van der Waals surface area (Å²) in [4.78, 5) is 27.6. The minimum atomic E-state index is -3.90. The highest BCUT2D eigenvalue weighted by Crippen LogP contribution is 2.25. The Balaban J connectivity index is 0.000000321. The third-order valence-electron chi connectivity index (χ3n) is 7.84. The van der Waals surface area contributed by atoms with Gasteiger partial charge in [0.15, 0.2) is 0 Å². The summed E-state index contributed by atoms with van der Waals surface area (Å²) in [5.74, 6) is -1.29. The quantitative estimate of drug-likeness (QED) is 0.337. The second-order valence-corrected chi connectivity index (χ2v) is 14.8. The summed E-state index contributed by atoms with van der Waals surface area (Å²) in [7, 11) is -3.90. The van der Waals surface area contributed by atoms with Gasteiger partial charge in [-0.15, -0.1) is 0 Å². The molecule has 11 heteroatoms. The largest absolute Gasteiger partial charge is 0.480 e. The van der Waals surface area contributed by atoms with Crippen LogP contribution in [0.1, 0.15) is 107 Å². The van der Waals surface area contributed by atoms with Crippen LogP contribution in [0.4, 0.5) is 4.79 Å². The van der Waals surface area contributed by atoms with E-state index in [2.05, 4.69) is 15.6 Å². The van der Waals surface area contributed by atoms with Crippen LogP contribution in [0.3, 0.4) is 0 Å². The van der Waals surface area contributed by atoms with Gasteiger partial charge in [-0.1, -0.05) is 56.2 Å². The van der Waals surface area contributed by atoms with E-state index in [1.165, 1.54) is 70.4 Å². The Hall–Kier alpha value is -2.92. The number of rotatable bonds is 8. The molecule has 2 aliphatic rings. The number of benzene rings is 1. The molecule has 2 saturated carbocycles.